The second-order valence-electron chi connectivity index (χ2n) is 12.4. The number of aromatic amines is 1. The van der Waals surface area contributed by atoms with Gasteiger partial charge in [-0.1, -0.05) is 24.6 Å². The lowest BCUT2D eigenvalue weighted by atomic mass is 10.1. The van der Waals surface area contributed by atoms with Crippen molar-refractivity contribution < 1.29 is 24.2 Å². The number of ether oxygens (including phenoxy) is 1. The average Bonchev–Trinajstić information content (AvgIpc) is 3.03. The number of carbonyl (C=O) groups excluding carboxylic acids is 3. The Morgan fingerprint density at radius 3 is 2.54 bits per heavy atom. The number of anilines is 3. The predicted octanol–water partition coefficient (Wildman–Crippen LogP) is 5.48. The minimum absolute atomic E-state index is 0.0230. The predicted molar refractivity (Wildman–Crippen MR) is 184 cm³/mol. The van der Waals surface area contributed by atoms with Crippen molar-refractivity contribution in [3.63, 3.8) is 0 Å². The number of H-pyrrole nitrogens is 1. The van der Waals surface area contributed by atoms with Gasteiger partial charge in [-0.3, -0.25) is 14.4 Å². The molecule has 3 amide bonds. The summed E-state index contributed by atoms with van der Waals surface area (Å²) < 4.78 is 5.65. The van der Waals surface area contributed by atoms with E-state index < -0.39 is 23.2 Å². The molecule has 1 aliphatic heterocycles. The maximum atomic E-state index is 13.5. The highest BCUT2D eigenvalue weighted by Crippen LogP contribution is 2.28. The van der Waals surface area contributed by atoms with Crippen molar-refractivity contribution in [2.75, 3.05) is 34.8 Å². The van der Waals surface area contributed by atoms with Crippen LogP contribution >= 0.6 is 11.6 Å². The summed E-state index contributed by atoms with van der Waals surface area (Å²) in [6, 6.07) is 12.0. The largest absolute Gasteiger partial charge is 0.508 e. The Balaban J connectivity index is 1.41. The van der Waals surface area contributed by atoms with Crippen LogP contribution in [0.4, 0.5) is 22.1 Å². The molecule has 1 saturated heterocycles. The zero-order valence-electron chi connectivity index (χ0n) is 27.2. The van der Waals surface area contributed by atoms with Gasteiger partial charge < -0.3 is 30.4 Å². The molecular formula is C34H38ClN7O6. The Morgan fingerprint density at radius 2 is 1.85 bits per heavy atom. The van der Waals surface area contributed by atoms with Crippen molar-refractivity contribution in [2.45, 2.75) is 58.6 Å². The van der Waals surface area contributed by atoms with Crippen LogP contribution in [0.1, 0.15) is 67.7 Å². The van der Waals surface area contributed by atoms with Gasteiger partial charge in [0.1, 0.15) is 22.6 Å². The number of aromatic hydroxyl groups is 1. The summed E-state index contributed by atoms with van der Waals surface area (Å²) >= 11 is 6.40. The van der Waals surface area contributed by atoms with Crippen molar-refractivity contribution >= 4 is 57.9 Å². The molecule has 0 atom stereocenters. The number of amides is 3. The average molecular weight is 676 g/mol. The number of pyridine rings is 1. The van der Waals surface area contributed by atoms with E-state index >= 15 is 0 Å². The zero-order chi connectivity index (χ0) is 34.6. The molecule has 4 N–H and O–H groups in total. The van der Waals surface area contributed by atoms with Crippen LogP contribution < -0.4 is 26.0 Å². The molecule has 0 radical (unpaired) electrons. The Labute approximate surface area is 282 Å². The molecular weight excluding hydrogens is 638 g/mol. The molecule has 0 unspecified atom stereocenters. The first kappa shape index (κ1) is 34.3. The molecule has 4 aromatic rings. The number of hydrogen-bond donors (Lipinski definition) is 4. The molecule has 252 valence electrons. The Bertz CT molecular complexity index is 1900. The van der Waals surface area contributed by atoms with Crippen LogP contribution in [0.5, 0.6) is 5.75 Å². The number of benzene rings is 2. The van der Waals surface area contributed by atoms with Gasteiger partial charge in [-0.25, -0.2) is 14.7 Å². The Kier molecular flexibility index (Phi) is 10.3. The van der Waals surface area contributed by atoms with E-state index in [0.717, 1.165) is 0 Å². The standard InChI is InChI=1S/C34H38ClN7O6/c1-5-15-41(23-7-6-8-24(43)18-23)31(46)20-9-10-26(35)27(17-20)38-29(44)25-16-21-19-37-32(40-28(21)39-30(25)45)42(22-11-13-36-14-12-22)33(47)48-34(2,3)4/h6-10,16-19,22,36,43H,5,11-15H2,1-4H3,(H,38,44)(H,37,39,40,45). The number of piperidine rings is 1. The van der Waals surface area contributed by atoms with Gasteiger partial charge in [0.2, 0.25) is 5.95 Å². The normalized spacial score (nSPS) is 13.6. The molecule has 5 rings (SSSR count). The fourth-order valence-electron chi connectivity index (χ4n) is 5.37. The van der Waals surface area contributed by atoms with Gasteiger partial charge in [0.05, 0.1) is 10.7 Å². The van der Waals surface area contributed by atoms with Crippen LogP contribution in [0.3, 0.4) is 0 Å². The molecule has 48 heavy (non-hydrogen) atoms. The van der Waals surface area contributed by atoms with Crippen LogP contribution in [0.25, 0.3) is 11.0 Å². The summed E-state index contributed by atoms with van der Waals surface area (Å²) in [5.74, 6) is -1.03. The molecule has 14 heteroatoms. The van der Waals surface area contributed by atoms with Crippen LogP contribution in [-0.4, -0.2) is 69.2 Å². The second kappa shape index (κ2) is 14.4. The van der Waals surface area contributed by atoms with E-state index in [1.807, 2.05) is 6.92 Å². The van der Waals surface area contributed by atoms with E-state index in [4.69, 9.17) is 16.3 Å². The maximum Gasteiger partial charge on any atom is 0.417 e. The molecule has 1 aliphatic rings. The van der Waals surface area contributed by atoms with Gasteiger partial charge >= 0.3 is 6.09 Å². The number of rotatable bonds is 8. The lowest BCUT2D eigenvalue weighted by Gasteiger charge is -2.34. The first-order chi connectivity index (χ1) is 22.8. The molecule has 2 aromatic carbocycles. The van der Waals surface area contributed by atoms with Gasteiger partial charge in [0.25, 0.3) is 17.4 Å². The summed E-state index contributed by atoms with van der Waals surface area (Å²) in [5.41, 5.74) is -0.688. The van der Waals surface area contributed by atoms with Gasteiger partial charge in [-0.2, -0.15) is 4.98 Å². The zero-order valence-corrected chi connectivity index (χ0v) is 27.9. The monoisotopic (exact) mass is 675 g/mol. The number of hydrogen-bond acceptors (Lipinski definition) is 9. The molecule has 0 saturated carbocycles. The van der Waals surface area contributed by atoms with Crippen molar-refractivity contribution in [3.8, 4) is 5.75 Å². The lowest BCUT2D eigenvalue weighted by molar-refractivity contribution is 0.0556. The molecule has 0 spiro atoms. The van der Waals surface area contributed by atoms with E-state index in [9.17, 15) is 24.3 Å². The van der Waals surface area contributed by atoms with Gasteiger partial charge in [-0.15, -0.1) is 0 Å². The van der Waals surface area contributed by atoms with E-state index in [1.165, 1.54) is 52.4 Å². The van der Waals surface area contributed by atoms with E-state index in [1.54, 1.807) is 32.9 Å². The number of nitrogens with one attached hydrogen (secondary N) is 3. The summed E-state index contributed by atoms with van der Waals surface area (Å²) in [4.78, 5) is 67.8. The number of carbonyl (C=O) groups is 3. The van der Waals surface area contributed by atoms with Crippen LogP contribution in [0.2, 0.25) is 5.02 Å². The number of phenolic OH excluding ortho intramolecular Hbond substituents is 1. The fraction of sp³-hybridized carbons (Fsp3) is 0.353. The summed E-state index contributed by atoms with van der Waals surface area (Å²) in [6.07, 6.45) is 2.82. The van der Waals surface area contributed by atoms with Crippen molar-refractivity contribution in [1.29, 1.82) is 0 Å². The van der Waals surface area contributed by atoms with Crippen molar-refractivity contribution in [1.82, 2.24) is 20.3 Å². The molecule has 3 heterocycles. The molecule has 13 nitrogen and oxygen atoms in total. The highest BCUT2D eigenvalue weighted by Gasteiger charge is 2.33. The molecule has 0 bridgehead atoms. The Hall–Kier alpha value is -5.01. The van der Waals surface area contributed by atoms with Crippen LogP contribution in [0, 0.1) is 0 Å². The maximum absolute atomic E-state index is 13.5. The van der Waals surface area contributed by atoms with Crippen molar-refractivity contribution in [2.24, 2.45) is 0 Å². The van der Waals surface area contributed by atoms with E-state index in [-0.39, 0.29) is 51.1 Å². The van der Waals surface area contributed by atoms with E-state index in [2.05, 4.69) is 25.6 Å². The summed E-state index contributed by atoms with van der Waals surface area (Å²) in [6.45, 7) is 9.06. The SMILES string of the molecule is CCCN(C(=O)c1ccc(Cl)c(NC(=O)c2cc3cnc(N(C(=O)OC(C)(C)C)C4CCNCC4)nc3[nH]c2=O)c1)c1cccc(O)c1. The number of halogens is 1. The number of nitrogens with zero attached hydrogens (tertiary/aromatic N) is 4. The molecule has 0 aliphatic carbocycles. The number of phenols is 1. The quantitative estimate of drug-likeness (QED) is 0.189. The second-order valence-corrected chi connectivity index (χ2v) is 12.9. The number of fused-ring (bicyclic) bond motifs is 1. The minimum Gasteiger partial charge on any atom is -0.508 e. The summed E-state index contributed by atoms with van der Waals surface area (Å²) in [5, 5.41) is 16.4. The van der Waals surface area contributed by atoms with Gasteiger partial charge in [0, 0.05) is 41.5 Å². The first-order valence-electron chi connectivity index (χ1n) is 15.7. The van der Waals surface area contributed by atoms with E-state index in [0.29, 0.717) is 50.0 Å². The smallest absolute Gasteiger partial charge is 0.417 e. The third-order valence-electron chi connectivity index (χ3n) is 7.60. The first-order valence-corrected chi connectivity index (χ1v) is 16.1. The highest BCUT2D eigenvalue weighted by atomic mass is 35.5. The lowest BCUT2D eigenvalue weighted by Crippen LogP contribution is -2.49. The topological polar surface area (TPSA) is 170 Å². The highest BCUT2D eigenvalue weighted by molar-refractivity contribution is 6.34. The summed E-state index contributed by atoms with van der Waals surface area (Å²) in [7, 11) is 0. The molecule has 1 fully saturated rings. The third-order valence-corrected chi connectivity index (χ3v) is 7.93. The molecule has 2 aromatic heterocycles. The van der Waals surface area contributed by atoms with Crippen LogP contribution in [0.15, 0.2) is 59.5 Å². The fourth-order valence-corrected chi connectivity index (χ4v) is 5.54. The van der Waals surface area contributed by atoms with Crippen LogP contribution in [-0.2, 0) is 4.74 Å². The van der Waals surface area contributed by atoms with Gasteiger partial charge in [-0.05, 0) is 89.5 Å². The number of aromatic nitrogens is 3. The van der Waals surface area contributed by atoms with Gasteiger partial charge in [0.15, 0.2) is 0 Å². The Morgan fingerprint density at radius 1 is 1.10 bits per heavy atom. The van der Waals surface area contributed by atoms with Crippen molar-refractivity contribution in [3.05, 3.63) is 81.2 Å². The third kappa shape index (κ3) is 7.92. The minimum atomic E-state index is -0.766.